The van der Waals surface area contributed by atoms with Crippen molar-refractivity contribution in [2.75, 3.05) is 5.32 Å². The van der Waals surface area contributed by atoms with Crippen molar-refractivity contribution in [2.45, 2.75) is 20.0 Å². The van der Waals surface area contributed by atoms with E-state index in [1.807, 2.05) is 0 Å². The molecule has 6 nitrogen and oxygen atoms in total. The van der Waals surface area contributed by atoms with E-state index in [1.54, 1.807) is 25.1 Å². The standard InChI is InChI=1S/C16H14Cl2N2O4/c1-9-3-5-13(14(7-9)20(22)23)19-16(21)10(2)24-15-6-4-11(17)8-12(15)18/h3-8,10H,1-2H3,(H,19,21)/t10-/m1/s1. The van der Waals surface area contributed by atoms with Crippen molar-refractivity contribution in [3.63, 3.8) is 0 Å². The Kier molecular flexibility index (Phi) is 5.64. The number of carbonyl (C=O) groups excluding carboxylic acids is 1. The van der Waals surface area contributed by atoms with Crippen molar-refractivity contribution in [1.82, 2.24) is 0 Å². The van der Waals surface area contributed by atoms with Gasteiger partial charge < -0.3 is 10.1 Å². The summed E-state index contributed by atoms with van der Waals surface area (Å²) in [5, 5.41) is 14.3. The minimum absolute atomic E-state index is 0.105. The molecule has 1 atom stereocenters. The molecule has 0 aliphatic heterocycles. The van der Waals surface area contributed by atoms with Crippen LogP contribution in [0.25, 0.3) is 0 Å². The normalized spacial score (nSPS) is 11.7. The van der Waals surface area contributed by atoms with Gasteiger partial charge in [-0.15, -0.1) is 0 Å². The molecule has 0 heterocycles. The molecule has 0 bridgehead atoms. The first kappa shape index (κ1) is 18.0. The number of nitrogens with one attached hydrogen (secondary N) is 1. The fourth-order valence-corrected chi connectivity index (χ4v) is 2.40. The van der Waals surface area contributed by atoms with E-state index in [1.165, 1.54) is 25.1 Å². The summed E-state index contributed by atoms with van der Waals surface area (Å²) >= 11 is 11.8. The van der Waals surface area contributed by atoms with Crippen molar-refractivity contribution >= 4 is 40.5 Å². The number of halogens is 2. The first-order chi connectivity index (χ1) is 11.3. The van der Waals surface area contributed by atoms with Crippen LogP contribution >= 0.6 is 23.2 Å². The lowest BCUT2D eigenvalue weighted by molar-refractivity contribution is -0.384. The molecule has 0 unspecified atom stereocenters. The molecule has 8 heteroatoms. The maximum atomic E-state index is 12.2. The molecule has 126 valence electrons. The zero-order valence-electron chi connectivity index (χ0n) is 12.9. The monoisotopic (exact) mass is 368 g/mol. The minimum Gasteiger partial charge on any atom is -0.479 e. The number of nitrogens with zero attached hydrogens (tertiary/aromatic N) is 1. The summed E-state index contributed by atoms with van der Waals surface area (Å²) in [5.41, 5.74) is 0.644. The van der Waals surface area contributed by atoms with E-state index in [0.717, 1.165) is 5.56 Å². The van der Waals surface area contributed by atoms with Crippen LogP contribution < -0.4 is 10.1 Å². The van der Waals surface area contributed by atoms with Gasteiger partial charge >= 0.3 is 0 Å². The third kappa shape index (κ3) is 4.37. The van der Waals surface area contributed by atoms with Crippen LogP contribution in [0.5, 0.6) is 5.75 Å². The number of hydrogen-bond donors (Lipinski definition) is 1. The number of carbonyl (C=O) groups is 1. The zero-order chi connectivity index (χ0) is 17.9. The Hall–Kier alpha value is -2.31. The Morgan fingerprint density at radius 2 is 1.96 bits per heavy atom. The molecular formula is C16H14Cl2N2O4. The van der Waals surface area contributed by atoms with Crippen LogP contribution in [-0.4, -0.2) is 16.9 Å². The quantitative estimate of drug-likeness (QED) is 0.616. The summed E-state index contributed by atoms with van der Waals surface area (Å²) in [6.07, 6.45) is -0.912. The maximum absolute atomic E-state index is 12.2. The van der Waals surface area contributed by atoms with E-state index in [4.69, 9.17) is 27.9 Å². The van der Waals surface area contributed by atoms with E-state index >= 15 is 0 Å². The number of nitro benzene ring substituents is 1. The lowest BCUT2D eigenvalue weighted by Crippen LogP contribution is -2.30. The highest BCUT2D eigenvalue weighted by Crippen LogP contribution is 2.29. The van der Waals surface area contributed by atoms with Crippen LogP contribution in [0.1, 0.15) is 12.5 Å². The largest absolute Gasteiger partial charge is 0.479 e. The van der Waals surface area contributed by atoms with Gasteiger partial charge in [-0.3, -0.25) is 14.9 Å². The van der Waals surface area contributed by atoms with Crippen molar-refractivity contribution in [1.29, 1.82) is 0 Å². The third-order valence-corrected chi connectivity index (χ3v) is 3.71. The number of hydrogen-bond acceptors (Lipinski definition) is 4. The Labute approximate surface area is 148 Å². The highest BCUT2D eigenvalue weighted by atomic mass is 35.5. The minimum atomic E-state index is -0.912. The lowest BCUT2D eigenvalue weighted by atomic mass is 10.2. The van der Waals surface area contributed by atoms with Crippen molar-refractivity contribution in [2.24, 2.45) is 0 Å². The van der Waals surface area contributed by atoms with Crippen LogP contribution in [0.15, 0.2) is 36.4 Å². The zero-order valence-corrected chi connectivity index (χ0v) is 14.4. The first-order valence-corrected chi connectivity index (χ1v) is 7.71. The summed E-state index contributed by atoms with van der Waals surface area (Å²) in [5.74, 6) is -0.241. The molecule has 0 fully saturated rings. The van der Waals surface area contributed by atoms with Gasteiger partial charge in [-0.05, 0) is 43.7 Å². The summed E-state index contributed by atoms with van der Waals surface area (Å²) in [7, 11) is 0. The van der Waals surface area contributed by atoms with E-state index in [2.05, 4.69) is 5.32 Å². The van der Waals surface area contributed by atoms with Gasteiger partial charge in [0.15, 0.2) is 6.10 Å². The fourth-order valence-electron chi connectivity index (χ4n) is 1.95. The Balaban J connectivity index is 2.13. The topological polar surface area (TPSA) is 81.5 Å². The van der Waals surface area contributed by atoms with Gasteiger partial charge in [0.05, 0.1) is 9.95 Å². The number of rotatable bonds is 5. The van der Waals surface area contributed by atoms with Gasteiger partial charge in [-0.1, -0.05) is 29.3 Å². The Morgan fingerprint density at radius 1 is 1.25 bits per heavy atom. The van der Waals surface area contributed by atoms with E-state index in [-0.39, 0.29) is 16.4 Å². The van der Waals surface area contributed by atoms with Crippen LogP contribution in [0, 0.1) is 17.0 Å². The summed E-state index contributed by atoms with van der Waals surface area (Å²) < 4.78 is 5.49. The highest BCUT2D eigenvalue weighted by Gasteiger charge is 2.21. The average Bonchev–Trinajstić information content (AvgIpc) is 2.51. The number of nitro groups is 1. The van der Waals surface area contributed by atoms with Crippen molar-refractivity contribution < 1.29 is 14.5 Å². The van der Waals surface area contributed by atoms with Gasteiger partial charge in [-0.2, -0.15) is 0 Å². The van der Waals surface area contributed by atoms with Crippen molar-refractivity contribution in [3.8, 4) is 5.75 Å². The second-order valence-corrected chi connectivity index (χ2v) is 5.95. The Bertz CT molecular complexity index is 796. The molecule has 0 saturated heterocycles. The molecule has 2 aromatic rings. The fraction of sp³-hybridized carbons (Fsp3) is 0.188. The Morgan fingerprint density at radius 3 is 2.58 bits per heavy atom. The molecule has 0 aliphatic carbocycles. The van der Waals surface area contributed by atoms with Gasteiger partial charge in [0, 0.05) is 11.1 Å². The summed E-state index contributed by atoms with van der Waals surface area (Å²) in [6.45, 7) is 3.24. The second kappa shape index (κ2) is 7.51. The number of amides is 1. The molecule has 0 saturated carbocycles. The number of aryl methyl sites for hydroxylation is 1. The maximum Gasteiger partial charge on any atom is 0.293 e. The molecule has 24 heavy (non-hydrogen) atoms. The summed E-state index contributed by atoms with van der Waals surface area (Å²) in [4.78, 5) is 22.8. The van der Waals surface area contributed by atoms with Gasteiger partial charge in [0.1, 0.15) is 11.4 Å². The predicted octanol–water partition coefficient (Wildman–Crippen LogP) is 4.62. The van der Waals surface area contributed by atoms with E-state index in [9.17, 15) is 14.9 Å². The number of anilines is 1. The van der Waals surface area contributed by atoms with Crippen LogP contribution in [0.3, 0.4) is 0 Å². The molecule has 0 aromatic heterocycles. The molecule has 0 aliphatic rings. The third-order valence-electron chi connectivity index (χ3n) is 3.17. The van der Waals surface area contributed by atoms with E-state index in [0.29, 0.717) is 10.8 Å². The second-order valence-electron chi connectivity index (χ2n) is 5.10. The molecule has 2 aromatic carbocycles. The average molecular weight is 369 g/mol. The summed E-state index contributed by atoms with van der Waals surface area (Å²) in [6, 6.07) is 9.16. The predicted molar refractivity (Wildman–Crippen MR) is 93.0 cm³/mol. The molecule has 1 N–H and O–H groups in total. The molecule has 1 amide bonds. The molecule has 0 spiro atoms. The van der Waals surface area contributed by atoms with Crippen LogP contribution in [-0.2, 0) is 4.79 Å². The molecule has 2 rings (SSSR count). The highest BCUT2D eigenvalue weighted by molar-refractivity contribution is 6.35. The molecular weight excluding hydrogens is 355 g/mol. The number of benzene rings is 2. The van der Waals surface area contributed by atoms with Gasteiger partial charge in [0.2, 0.25) is 0 Å². The van der Waals surface area contributed by atoms with Crippen LogP contribution in [0.4, 0.5) is 11.4 Å². The lowest BCUT2D eigenvalue weighted by Gasteiger charge is -2.16. The van der Waals surface area contributed by atoms with Crippen LogP contribution in [0.2, 0.25) is 10.0 Å². The van der Waals surface area contributed by atoms with E-state index < -0.39 is 16.9 Å². The van der Waals surface area contributed by atoms with Gasteiger partial charge in [-0.25, -0.2) is 0 Å². The SMILES string of the molecule is Cc1ccc(NC(=O)[C@@H](C)Oc2ccc(Cl)cc2Cl)c([N+](=O)[O-])c1. The smallest absolute Gasteiger partial charge is 0.293 e. The first-order valence-electron chi connectivity index (χ1n) is 6.95. The van der Waals surface area contributed by atoms with Crippen molar-refractivity contribution in [3.05, 3.63) is 62.1 Å². The molecule has 0 radical (unpaired) electrons. The van der Waals surface area contributed by atoms with Gasteiger partial charge in [0.25, 0.3) is 11.6 Å². The number of ether oxygens (including phenoxy) is 1.